The average Bonchev–Trinajstić information content (AvgIpc) is 2.85. The summed E-state index contributed by atoms with van der Waals surface area (Å²) in [5, 5.41) is 17.1. The zero-order chi connectivity index (χ0) is 27.8. The molecule has 9 heteroatoms. The molecule has 2 rings (SSSR count). The third-order valence-corrected chi connectivity index (χ3v) is 5.26. The summed E-state index contributed by atoms with van der Waals surface area (Å²) in [6.07, 6.45) is 0.977. The summed E-state index contributed by atoms with van der Waals surface area (Å²) in [5.74, 6) is -1.18. The van der Waals surface area contributed by atoms with E-state index in [0.29, 0.717) is 29.5 Å². The fraction of sp³-hybridized carbons (Fsp3) is 0.429. The molecule has 0 unspecified atom stereocenters. The van der Waals surface area contributed by atoms with Gasteiger partial charge in [0.2, 0.25) is 11.8 Å². The SMILES string of the molecule is CC.Cc1ccccc1NC(=O)Nc1ccc(NC(=O)CN(CCC(C)C)C(=O)CCCC(=O)O)cc1. The maximum absolute atomic E-state index is 12.6. The summed E-state index contributed by atoms with van der Waals surface area (Å²) in [4.78, 5) is 49.5. The summed E-state index contributed by atoms with van der Waals surface area (Å²) in [6.45, 7) is 10.3. The molecule has 0 atom stereocenters. The number of nitrogens with zero attached hydrogens (tertiary/aromatic N) is 1. The predicted molar refractivity (Wildman–Crippen MR) is 148 cm³/mol. The van der Waals surface area contributed by atoms with Crippen LogP contribution in [0.25, 0.3) is 0 Å². The number of amides is 4. The second-order valence-electron chi connectivity index (χ2n) is 8.76. The summed E-state index contributed by atoms with van der Waals surface area (Å²) >= 11 is 0. The first kappa shape index (κ1) is 31.2. The number of hydrogen-bond donors (Lipinski definition) is 4. The Labute approximate surface area is 219 Å². The molecule has 0 saturated carbocycles. The zero-order valence-corrected chi connectivity index (χ0v) is 22.5. The number of urea groups is 1. The summed E-state index contributed by atoms with van der Waals surface area (Å²) in [6, 6.07) is 13.7. The van der Waals surface area contributed by atoms with Crippen molar-refractivity contribution in [1.29, 1.82) is 0 Å². The van der Waals surface area contributed by atoms with Crippen molar-refractivity contribution in [2.24, 2.45) is 5.92 Å². The molecular weight excluding hydrogens is 472 g/mol. The predicted octanol–water partition coefficient (Wildman–Crippen LogP) is 5.73. The van der Waals surface area contributed by atoms with Crippen LogP contribution < -0.4 is 16.0 Å². The second kappa shape index (κ2) is 16.7. The van der Waals surface area contributed by atoms with Gasteiger partial charge in [0.15, 0.2) is 0 Å². The normalized spacial score (nSPS) is 10.1. The van der Waals surface area contributed by atoms with Crippen LogP contribution in [0.2, 0.25) is 0 Å². The van der Waals surface area contributed by atoms with Crippen LogP contribution in [0.5, 0.6) is 0 Å². The van der Waals surface area contributed by atoms with E-state index in [2.05, 4.69) is 16.0 Å². The quantitative estimate of drug-likeness (QED) is 0.289. The summed E-state index contributed by atoms with van der Waals surface area (Å²) in [7, 11) is 0. The van der Waals surface area contributed by atoms with E-state index in [1.165, 1.54) is 4.90 Å². The van der Waals surface area contributed by atoms with Gasteiger partial charge in [0.25, 0.3) is 0 Å². The third kappa shape index (κ3) is 12.6. The molecule has 4 N–H and O–H groups in total. The Morgan fingerprint density at radius 1 is 0.865 bits per heavy atom. The molecule has 0 fully saturated rings. The number of carboxylic acids is 1. The number of hydrogen-bond acceptors (Lipinski definition) is 4. The van der Waals surface area contributed by atoms with Gasteiger partial charge in [-0.05, 0) is 61.6 Å². The average molecular weight is 513 g/mol. The topological polar surface area (TPSA) is 128 Å². The lowest BCUT2D eigenvalue weighted by atomic mass is 10.1. The van der Waals surface area contributed by atoms with Gasteiger partial charge in [-0.2, -0.15) is 0 Å². The molecule has 0 bridgehead atoms. The van der Waals surface area contributed by atoms with Gasteiger partial charge in [0, 0.05) is 36.4 Å². The fourth-order valence-electron chi connectivity index (χ4n) is 3.26. The molecule has 2 aromatic rings. The number of nitrogens with one attached hydrogen (secondary N) is 3. The van der Waals surface area contributed by atoms with Crippen molar-refractivity contribution < 1.29 is 24.3 Å². The number of carbonyl (C=O) groups is 4. The van der Waals surface area contributed by atoms with Crippen molar-refractivity contribution in [3.63, 3.8) is 0 Å². The van der Waals surface area contributed by atoms with E-state index in [9.17, 15) is 19.2 Å². The highest BCUT2D eigenvalue weighted by atomic mass is 16.4. The van der Waals surface area contributed by atoms with Gasteiger partial charge in [-0.25, -0.2) is 4.79 Å². The smallest absolute Gasteiger partial charge is 0.323 e. The van der Waals surface area contributed by atoms with Gasteiger partial charge in [0.05, 0.1) is 6.54 Å². The lowest BCUT2D eigenvalue weighted by Gasteiger charge is -2.23. The van der Waals surface area contributed by atoms with E-state index in [4.69, 9.17) is 5.11 Å². The first-order valence-electron chi connectivity index (χ1n) is 12.7. The molecule has 4 amide bonds. The van der Waals surface area contributed by atoms with Gasteiger partial charge in [-0.1, -0.05) is 45.9 Å². The molecule has 2 aromatic carbocycles. The number of benzene rings is 2. The van der Waals surface area contributed by atoms with E-state index in [-0.39, 0.29) is 43.7 Å². The molecule has 0 heterocycles. The van der Waals surface area contributed by atoms with Gasteiger partial charge < -0.3 is 26.0 Å². The molecule has 0 spiro atoms. The molecule has 0 aromatic heterocycles. The van der Waals surface area contributed by atoms with E-state index >= 15 is 0 Å². The number of rotatable bonds is 12. The Kier molecular flexibility index (Phi) is 14.1. The van der Waals surface area contributed by atoms with Crippen LogP contribution in [-0.2, 0) is 14.4 Å². The first-order chi connectivity index (χ1) is 17.6. The standard InChI is InChI=1S/C26H34N4O5.C2H6/c1-18(2)15-16-30(24(32)9-6-10-25(33)34)17-23(31)27-20-11-13-21(14-12-20)28-26(35)29-22-8-5-4-7-19(22)3;1-2/h4-5,7-8,11-14,18H,6,9-10,15-17H2,1-3H3,(H,27,31)(H,33,34)(H2,28,29,35);1-2H3. The minimum absolute atomic E-state index is 0.0840. The van der Waals surface area contributed by atoms with E-state index < -0.39 is 5.97 Å². The van der Waals surface area contributed by atoms with Crippen LogP contribution in [0.3, 0.4) is 0 Å². The van der Waals surface area contributed by atoms with Gasteiger partial charge >= 0.3 is 12.0 Å². The van der Waals surface area contributed by atoms with Gasteiger partial charge in [-0.3, -0.25) is 14.4 Å². The number of para-hydroxylation sites is 1. The minimum Gasteiger partial charge on any atom is -0.481 e. The lowest BCUT2D eigenvalue weighted by molar-refractivity contribution is -0.138. The number of aliphatic carboxylic acids is 1. The van der Waals surface area contributed by atoms with Gasteiger partial charge in [0.1, 0.15) is 0 Å². The number of anilines is 3. The molecule has 0 radical (unpaired) electrons. The Bertz CT molecular complexity index is 1020. The molecule has 9 nitrogen and oxygen atoms in total. The van der Waals surface area contributed by atoms with E-state index in [1.807, 2.05) is 58.9 Å². The Morgan fingerprint density at radius 2 is 1.46 bits per heavy atom. The van der Waals surface area contributed by atoms with Crippen molar-refractivity contribution in [1.82, 2.24) is 4.90 Å². The molecule has 0 saturated heterocycles. The minimum atomic E-state index is -0.949. The van der Waals surface area contributed by atoms with E-state index in [1.54, 1.807) is 24.3 Å². The Morgan fingerprint density at radius 3 is 2.03 bits per heavy atom. The van der Waals surface area contributed by atoms with Crippen molar-refractivity contribution in [3.05, 3.63) is 54.1 Å². The highest BCUT2D eigenvalue weighted by Crippen LogP contribution is 2.16. The number of carbonyl (C=O) groups excluding carboxylic acids is 3. The van der Waals surface area contributed by atoms with Crippen LogP contribution in [0.15, 0.2) is 48.5 Å². The number of aryl methyl sites for hydroxylation is 1. The van der Waals surface area contributed by atoms with Crippen LogP contribution in [-0.4, -0.2) is 46.9 Å². The largest absolute Gasteiger partial charge is 0.481 e. The molecular formula is C28H40N4O5. The first-order valence-corrected chi connectivity index (χ1v) is 12.7. The van der Waals surface area contributed by atoms with Crippen LogP contribution in [0.4, 0.5) is 21.9 Å². The Hall–Kier alpha value is -3.88. The third-order valence-electron chi connectivity index (χ3n) is 5.26. The molecule has 202 valence electrons. The monoisotopic (exact) mass is 512 g/mol. The second-order valence-corrected chi connectivity index (χ2v) is 8.76. The summed E-state index contributed by atoms with van der Waals surface area (Å²) < 4.78 is 0. The van der Waals surface area contributed by atoms with Crippen LogP contribution in [0, 0.1) is 12.8 Å². The van der Waals surface area contributed by atoms with Crippen molar-refractivity contribution >= 4 is 40.9 Å². The van der Waals surface area contributed by atoms with Crippen LogP contribution in [0.1, 0.15) is 58.9 Å². The van der Waals surface area contributed by atoms with Crippen molar-refractivity contribution in [3.8, 4) is 0 Å². The fourth-order valence-corrected chi connectivity index (χ4v) is 3.26. The maximum Gasteiger partial charge on any atom is 0.323 e. The van der Waals surface area contributed by atoms with Crippen LogP contribution >= 0.6 is 0 Å². The van der Waals surface area contributed by atoms with Gasteiger partial charge in [-0.15, -0.1) is 0 Å². The highest BCUT2D eigenvalue weighted by molar-refractivity contribution is 6.00. The van der Waals surface area contributed by atoms with Crippen molar-refractivity contribution in [2.75, 3.05) is 29.0 Å². The lowest BCUT2D eigenvalue weighted by Crippen LogP contribution is -2.39. The Balaban J connectivity index is 0.00000334. The molecule has 0 aliphatic rings. The van der Waals surface area contributed by atoms with Crippen molar-refractivity contribution in [2.45, 2.75) is 60.3 Å². The van der Waals surface area contributed by atoms with E-state index in [0.717, 1.165) is 12.0 Å². The molecule has 37 heavy (non-hydrogen) atoms. The highest BCUT2D eigenvalue weighted by Gasteiger charge is 2.18. The number of carboxylic acid groups (broad SMARTS) is 1. The maximum atomic E-state index is 12.6. The zero-order valence-electron chi connectivity index (χ0n) is 22.5. The summed E-state index contributed by atoms with van der Waals surface area (Å²) in [5.41, 5.74) is 2.75. The molecule has 0 aliphatic carbocycles. The molecule has 0 aliphatic heterocycles.